The summed E-state index contributed by atoms with van der Waals surface area (Å²) in [6.45, 7) is 5.36. The minimum absolute atomic E-state index is 0.0294. The predicted octanol–water partition coefficient (Wildman–Crippen LogP) is 1.69. The van der Waals surface area contributed by atoms with E-state index in [4.69, 9.17) is 16.3 Å². The molecule has 0 fully saturated rings. The number of carbonyl (C=O) groups excluding carboxylic acids is 3. The minimum atomic E-state index is -0.894. The topological polar surface area (TPSA) is 84.5 Å². The van der Waals surface area contributed by atoms with Crippen LogP contribution < -0.4 is 10.6 Å². The summed E-state index contributed by atoms with van der Waals surface area (Å²) < 4.78 is 4.96. The van der Waals surface area contributed by atoms with Gasteiger partial charge in [-0.1, -0.05) is 17.7 Å². The van der Waals surface area contributed by atoms with Gasteiger partial charge < -0.3 is 15.4 Å². The van der Waals surface area contributed by atoms with Crippen LogP contribution in [0.4, 0.5) is 0 Å². The monoisotopic (exact) mass is 338 g/mol. The molecule has 6 nitrogen and oxygen atoms in total. The third-order valence-corrected chi connectivity index (χ3v) is 3.07. The number of ether oxygens (including phenoxy) is 1. The van der Waals surface area contributed by atoms with Gasteiger partial charge in [-0.25, -0.2) is 0 Å². The molecule has 124 valence electrons. The summed E-state index contributed by atoms with van der Waals surface area (Å²) in [6, 6.07) is 6.38. The minimum Gasteiger partial charge on any atom is -0.452 e. The lowest BCUT2D eigenvalue weighted by molar-refractivity contribution is -0.154. The highest BCUT2D eigenvalue weighted by Gasteiger charge is 2.17. The molecule has 0 saturated carbocycles. The van der Waals surface area contributed by atoms with Gasteiger partial charge in [0.25, 0.3) is 11.8 Å². The molecule has 0 aromatic heterocycles. The number of halogens is 1. The number of hydrogen-bond donors (Lipinski definition) is 2. The average molecular weight is 339 g/mol. The molecular weight excluding hydrogens is 320 g/mol. The number of rotatable bonds is 8. The van der Waals surface area contributed by atoms with E-state index >= 15 is 0 Å². The molecule has 0 radical (unpaired) electrons. The standard InChI is InChI=1S/C16H19ClN2O4/c1-3-9-18-15(21)11(2)23-14(20)8-10-19-16(22)12-4-6-13(17)7-5-12/h3-7,11H,1,8-10H2,2H3,(H,18,21)(H,19,22)/t11-/m0/s1. The zero-order valence-electron chi connectivity index (χ0n) is 12.8. The number of carbonyl (C=O) groups is 3. The highest BCUT2D eigenvalue weighted by Crippen LogP contribution is 2.09. The summed E-state index contributed by atoms with van der Waals surface area (Å²) >= 11 is 5.74. The maximum Gasteiger partial charge on any atom is 0.308 e. The van der Waals surface area contributed by atoms with Crippen LogP contribution in [0.3, 0.4) is 0 Å². The predicted molar refractivity (Wildman–Crippen MR) is 87.2 cm³/mol. The molecule has 0 unspecified atom stereocenters. The molecule has 23 heavy (non-hydrogen) atoms. The van der Waals surface area contributed by atoms with Crippen molar-refractivity contribution < 1.29 is 19.1 Å². The Bertz CT molecular complexity index is 572. The van der Waals surface area contributed by atoms with Crippen molar-refractivity contribution >= 4 is 29.4 Å². The van der Waals surface area contributed by atoms with Gasteiger partial charge in [-0.15, -0.1) is 6.58 Å². The van der Waals surface area contributed by atoms with Gasteiger partial charge in [-0.3, -0.25) is 14.4 Å². The summed E-state index contributed by atoms with van der Waals surface area (Å²) in [5, 5.41) is 5.65. The molecule has 1 rings (SSSR count). The highest BCUT2D eigenvalue weighted by atomic mass is 35.5. The van der Waals surface area contributed by atoms with Crippen molar-refractivity contribution in [1.82, 2.24) is 10.6 Å². The molecule has 0 bridgehead atoms. The van der Waals surface area contributed by atoms with Gasteiger partial charge in [0.2, 0.25) is 0 Å². The maximum absolute atomic E-state index is 11.8. The van der Waals surface area contributed by atoms with E-state index in [9.17, 15) is 14.4 Å². The smallest absolute Gasteiger partial charge is 0.308 e. The van der Waals surface area contributed by atoms with Crippen LogP contribution in [-0.2, 0) is 14.3 Å². The van der Waals surface area contributed by atoms with E-state index in [1.54, 1.807) is 24.3 Å². The van der Waals surface area contributed by atoms with Crippen LogP contribution >= 0.6 is 11.6 Å². The molecule has 1 aromatic carbocycles. The van der Waals surface area contributed by atoms with Gasteiger partial charge in [0.15, 0.2) is 6.10 Å². The Kier molecular flexibility index (Phi) is 7.83. The number of benzene rings is 1. The summed E-state index contributed by atoms with van der Waals surface area (Å²) in [5.74, 6) is -1.28. The van der Waals surface area contributed by atoms with Crippen LogP contribution in [0.5, 0.6) is 0 Å². The second-order valence-corrected chi connectivity index (χ2v) is 5.12. The molecule has 0 aliphatic carbocycles. The fourth-order valence-corrected chi connectivity index (χ4v) is 1.73. The zero-order chi connectivity index (χ0) is 17.2. The first-order chi connectivity index (χ1) is 10.9. The summed E-state index contributed by atoms with van der Waals surface area (Å²) in [7, 11) is 0. The van der Waals surface area contributed by atoms with E-state index in [2.05, 4.69) is 17.2 Å². The first-order valence-corrected chi connectivity index (χ1v) is 7.43. The van der Waals surface area contributed by atoms with Crippen LogP contribution in [0, 0.1) is 0 Å². The van der Waals surface area contributed by atoms with E-state index < -0.39 is 18.0 Å². The molecular formula is C16H19ClN2O4. The van der Waals surface area contributed by atoms with Crippen molar-refractivity contribution in [2.24, 2.45) is 0 Å². The lowest BCUT2D eigenvalue weighted by Crippen LogP contribution is -2.36. The van der Waals surface area contributed by atoms with Crippen molar-refractivity contribution in [3.05, 3.63) is 47.5 Å². The lowest BCUT2D eigenvalue weighted by Gasteiger charge is -2.12. The largest absolute Gasteiger partial charge is 0.452 e. The van der Waals surface area contributed by atoms with Crippen molar-refractivity contribution in [2.45, 2.75) is 19.4 Å². The Morgan fingerprint density at radius 3 is 2.52 bits per heavy atom. The summed E-state index contributed by atoms with van der Waals surface area (Å²) in [4.78, 5) is 34.9. The highest BCUT2D eigenvalue weighted by molar-refractivity contribution is 6.30. The molecule has 1 atom stereocenters. The van der Waals surface area contributed by atoms with Gasteiger partial charge in [-0.05, 0) is 31.2 Å². The third-order valence-electron chi connectivity index (χ3n) is 2.82. The molecule has 0 heterocycles. The number of esters is 1. The molecule has 0 aliphatic rings. The zero-order valence-corrected chi connectivity index (χ0v) is 13.6. The Morgan fingerprint density at radius 1 is 1.26 bits per heavy atom. The Morgan fingerprint density at radius 2 is 1.91 bits per heavy atom. The van der Waals surface area contributed by atoms with E-state index in [0.717, 1.165) is 0 Å². The van der Waals surface area contributed by atoms with Crippen LogP contribution in [0.15, 0.2) is 36.9 Å². The van der Waals surface area contributed by atoms with Gasteiger partial charge in [0.05, 0.1) is 6.42 Å². The fraction of sp³-hybridized carbons (Fsp3) is 0.312. The van der Waals surface area contributed by atoms with Crippen LogP contribution in [0.25, 0.3) is 0 Å². The average Bonchev–Trinajstić information content (AvgIpc) is 2.52. The van der Waals surface area contributed by atoms with Crippen molar-refractivity contribution in [1.29, 1.82) is 0 Å². The van der Waals surface area contributed by atoms with Crippen molar-refractivity contribution in [3.63, 3.8) is 0 Å². The van der Waals surface area contributed by atoms with Crippen LogP contribution in [0.2, 0.25) is 5.02 Å². The Labute approximate surface area is 139 Å². The van der Waals surface area contributed by atoms with E-state index in [0.29, 0.717) is 17.1 Å². The Balaban J connectivity index is 2.30. The summed E-state index contributed by atoms with van der Waals surface area (Å²) in [5.41, 5.74) is 0.444. The number of amides is 2. The first-order valence-electron chi connectivity index (χ1n) is 7.06. The third kappa shape index (κ3) is 6.97. The quantitative estimate of drug-likeness (QED) is 0.558. The molecule has 2 amide bonds. The molecule has 0 spiro atoms. The van der Waals surface area contributed by atoms with Crippen molar-refractivity contribution in [3.8, 4) is 0 Å². The summed E-state index contributed by atoms with van der Waals surface area (Å²) in [6.07, 6.45) is 0.603. The molecule has 0 saturated heterocycles. The normalized spacial score (nSPS) is 11.2. The van der Waals surface area contributed by atoms with Crippen LogP contribution in [-0.4, -0.2) is 37.0 Å². The molecule has 0 aliphatic heterocycles. The van der Waals surface area contributed by atoms with E-state index in [1.165, 1.54) is 13.0 Å². The second-order valence-electron chi connectivity index (χ2n) is 4.68. The Hall–Kier alpha value is -2.34. The fourth-order valence-electron chi connectivity index (χ4n) is 1.61. The molecule has 2 N–H and O–H groups in total. The van der Waals surface area contributed by atoms with Gasteiger partial charge in [0, 0.05) is 23.7 Å². The number of nitrogens with one attached hydrogen (secondary N) is 2. The lowest BCUT2D eigenvalue weighted by atomic mass is 10.2. The molecule has 7 heteroatoms. The number of hydrogen-bond acceptors (Lipinski definition) is 4. The van der Waals surface area contributed by atoms with Gasteiger partial charge in [-0.2, -0.15) is 0 Å². The van der Waals surface area contributed by atoms with E-state index in [1.807, 2.05) is 0 Å². The van der Waals surface area contributed by atoms with Crippen LogP contribution in [0.1, 0.15) is 23.7 Å². The molecule has 1 aromatic rings. The van der Waals surface area contributed by atoms with Crippen molar-refractivity contribution in [2.75, 3.05) is 13.1 Å². The van der Waals surface area contributed by atoms with Gasteiger partial charge >= 0.3 is 5.97 Å². The SMILES string of the molecule is C=CCNC(=O)[C@H](C)OC(=O)CCNC(=O)c1ccc(Cl)cc1. The second kappa shape index (κ2) is 9.63. The first kappa shape index (κ1) is 18.7. The van der Waals surface area contributed by atoms with E-state index in [-0.39, 0.29) is 18.9 Å². The maximum atomic E-state index is 11.8. The van der Waals surface area contributed by atoms with Gasteiger partial charge in [0.1, 0.15) is 0 Å².